The van der Waals surface area contributed by atoms with Gasteiger partial charge in [0, 0.05) is 16.6 Å². The van der Waals surface area contributed by atoms with Gasteiger partial charge in [-0.3, -0.25) is 0 Å². The van der Waals surface area contributed by atoms with Crippen LogP contribution in [0.25, 0.3) is 57.0 Å². The zero-order valence-electron chi connectivity index (χ0n) is 22.0. The van der Waals surface area contributed by atoms with Crippen LogP contribution >= 0.6 is 0 Å². The summed E-state index contributed by atoms with van der Waals surface area (Å²) >= 11 is 0. The van der Waals surface area contributed by atoms with Crippen LogP contribution in [-0.4, -0.2) is 63.9 Å². The molecular formula is C30H18N4O8Zn+2. The van der Waals surface area contributed by atoms with Gasteiger partial charge in [-0.1, -0.05) is 30.3 Å². The fourth-order valence-corrected chi connectivity index (χ4v) is 5.06. The first-order valence-electron chi connectivity index (χ1n) is 12.3. The zero-order valence-corrected chi connectivity index (χ0v) is 24.9. The van der Waals surface area contributed by atoms with Gasteiger partial charge in [0.1, 0.15) is 5.56 Å². The SMILES string of the molecule is O=C(O)C1=Cc2cc3ccc(cc4nc(cc5c(-c6ccccc6)c(C(=O)O)c(c(C(=O)O)c1n2)n5C(=O)O)C=C4)[nH]3.[Zn+2]. The Bertz CT molecular complexity index is 2110. The second-order valence-electron chi connectivity index (χ2n) is 9.30. The van der Waals surface area contributed by atoms with Crippen LogP contribution in [0, 0.1) is 0 Å². The number of carboxylic acids is 3. The molecule has 2 aliphatic heterocycles. The third-order valence-corrected chi connectivity index (χ3v) is 6.69. The Labute approximate surface area is 253 Å². The minimum absolute atomic E-state index is 0. The van der Waals surface area contributed by atoms with Crippen molar-refractivity contribution in [2.75, 3.05) is 0 Å². The summed E-state index contributed by atoms with van der Waals surface area (Å²) < 4.78 is 0.527. The van der Waals surface area contributed by atoms with Crippen LogP contribution in [0.3, 0.4) is 0 Å². The van der Waals surface area contributed by atoms with Crippen LogP contribution in [0.4, 0.5) is 4.79 Å². The van der Waals surface area contributed by atoms with E-state index in [1.165, 1.54) is 12.1 Å². The zero-order chi connectivity index (χ0) is 29.7. The van der Waals surface area contributed by atoms with E-state index in [0.29, 0.717) is 21.3 Å². The van der Waals surface area contributed by atoms with Gasteiger partial charge in [0.05, 0.1) is 44.9 Å². The number of aromatic nitrogens is 4. The van der Waals surface area contributed by atoms with Crippen LogP contribution in [0.1, 0.15) is 43.5 Å². The average Bonchev–Trinajstić information content (AvgIpc) is 3.71. The number of aliphatic carboxylic acids is 1. The van der Waals surface area contributed by atoms with Gasteiger partial charge in [-0.15, -0.1) is 0 Å². The Hall–Kier alpha value is -5.68. The van der Waals surface area contributed by atoms with Crippen molar-refractivity contribution >= 4 is 69.9 Å². The standard InChI is InChI=1S/C30H18N4O8.Zn/c35-27(36)20-12-19-11-17-7-6-15(31-17)10-16-8-9-18(32-16)13-21-22(14-4-2-1-3-5-14)23(28(37)38)26(34(21)30(41)42)24(29(39)40)25(20)33-19;/h1-13,31H,(H,35,36)(H,37,38)(H,39,40)(H,41,42);/q;+2. The monoisotopic (exact) mass is 626 g/mol. The number of nitrogens with zero attached hydrogens (tertiary/aromatic N) is 3. The predicted molar refractivity (Wildman–Crippen MR) is 152 cm³/mol. The summed E-state index contributed by atoms with van der Waals surface area (Å²) in [5, 5.41) is 41.3. The molecule has 43 heavy (non-hydrogen) atoms. The van der Waals surface area contributed by atoms with Crippen LogP contribution in [0.2, 0.25) is 0 Å². The third kappa shape index (κ3) is 5.02. The van der Waals surface area contributed by atoms with Gasteiger partial charge in [-0.2, -0.15) is 0 Å². The van der Waals surface area contributed by atoms with Gasteiger partial charge in [0.2, 0.25) is 0 Å². The maximum Gasteiger partial charge on any atom is 2.00 e. The van der Waals surface area contributed by atoms with Crippen LogP contribution in [-0.2, 0) is 24.3 Å². The minimum atomic E-state index is -1.78. The summed E-state index contributed by atoms with van der Waals surface area (Å²) in [4.78, 5) is 62.7. The molecule has 0 amide bonds. The van der Waals surface area contributed by atoms with Crippen LogP contribution < -0.4 is 0 Å². The molecule has 5 heterocycles. The number of rotatable bonds is 4. The molecule has 206 valence electrons. The van der Waals surface area contributed by atoms with Gasteiger partial charge in [0.15, 0.2) is 0 Å². The van der Waals surface area contributed by atoms with Crippen molar-refractivity contribution in [1.29, 1.82) is 0 Å². The Morgan fingerprint density at radius 3 is 1.88 bits per heavy atom. The molecule has 0 saturated carbocycles. The first-order chi connectivity index (χ1) is 20.1. The van der Waals surface area contributed by atoms with Crippen molar-refractivity contribution in [1.82, 2.24) is 19.5 Å². The first kappa shape index (κ1) is 28.8. The fraction of sp³-hybridized carbons (Fsp3) is 0. The molecule has 0 aliphatic carbocycles. The summed E-state index contributed by atoms with van der Waals surface area (Å²) in [6.45, 7) is 0. The molecule has 5 N–H and O–H groups in total. The Morgan fingerprint density at radius 2 is 1.30 bits per heavy atom. The summed E-state index contributed by atoms with van der Waals surface area (Å²) in [6, 6.07) is 16.0. The Balaban J connectivity index is 0.00000368. The fourth-order valence-electron chi connectivity index (χ4n) is 5.06. The van der Waals surface area contributed by atoms with Crippen LogP contribution in [0.15, 0.2) is 60.7 Å². The van der Waals surface area contributed by atoms with Gasteiger partial charge in [-0.05, 0) is 54.1 Å². The van der Waals surface area contributed by atoms with Gasteiger partial charge in [-0.25, -0.2) is 33.7 Å². The maximum atomic E-state index is 12.9. The van der Waals surface area contributed by atoms with E-state index >= 15 is 0 Å². The molecule has 12 nitrogen and oxygen atoms in total. The van der Waals surface area contributed by atoms with Gasteiger partial charge < -0.3 is 25.4 Å². The van der Waals surface area contributed by atoms with Crippen LogP contribution in [0.5, 0.6) is 0 Å². The number of hydrogen-bond donors (Lipinski definition) is 5. The molecule has 0 radical (unpaired) electrons. The number of carboxylic acid groups (broad SMARTS) is 4. The van der Waals surface area contributed by atoms with E-state index in [9.17, 15) is 39.6 Å². The number of aromatic carboxylic acids is 2. The van der Waals surface area contributed by atoms with E-state index < -0.39 is 51.9 Å². The quantitative estimate of drug-likeness (QED) is 0.166. The van der Waals surface area contributed by atoms with Crippen molar-refractivity contribution in [3.05, 3.63) is 94.6 Å². The van der Waals surface area contributed by atoms with Crippen molar-refractivity contribution < 1.29 is 59.1 Å². The van der Waals surface area contributed by atoms with E-state index in [4.69, 9.17) is 0 Å². The normalized spacial score (nSPS) is 11.9. The summed E-state index contributed by atoms with van der Waals surface area (Å²) in [5.41, 5.74) is -1.49. The molecule has 8 bridgehead atoms. The molecule has 0 saturated heterocycles. The Kier molecular flexibility index (Phi) is 7.35. The number of carbonyl (C=O) groups is 4. The average molecular weight is 628 g/mol. The minimum Gasteiger partial charge on any atom is -0.478 e. The molecule has 0 atom stereocenters. The number of aromatic amines is 1. The van der Waals surface area contributed by atoms with Crippen molar-refractivity contribution in [3.63, 3.8) is 0 Å². The molecule has 0 fully saturated rings. The van der Waals surface area contributed by atoms with Gasteiger partial charge >= 0.3 is 43.5 Å². The molecule has 4 aromatic rings. The topological polar surface area (TPSA) is 196 Å². The second-order valence-corrected chi connectivity index (χ2v) is 9.30. The summed E-state index contributed by atoms with van der Waals surface area (Å²) in [7, 11) is 0. The molecule has 6 rings (SSSR count). The predicted octanol–water partition coefficient (Wildman–Crippen LogP) is 5.17. The molecule has 2 aliphatic rings. The molecule has 0 unspecified atom stereocenters. The van der Waals surface area contributed by atoms with E-state index in [2.05, 4.69) is 15.0 Å². The molecule has 1 aromatic carbocycles. The van der Waals surface area contributed by atoms with E-state index in [0.717, 1.165) is 6.08 Å². The molecular weight excluding hydrogens is 610 g/mol. The van der Waals surface area contributed by atoms with E-state index in [1.807, 2.05) is 0 Å². The second kappa shape index (κ2) is 11.0. The van der Waals surface area contributed by atoms with Crippen molar-refractivity contribution in [3.8, 4) is 11.1 Å². The van der Waals surface area contributed by atoms with Crippen molar-refractivity contribution in [2.24, 2.45) is 0 Å². The number of fused-ring (bicyclic) bond motifs is 8. The summed E-state index contributed by atoms with van der Waals surface area (Å²) in [5.74, 6) is -4.95. The maximum absolute atomic E-state index is 12.9. The van der Waals surface area contributed by atoms with Crippen molar-refractivity contribution in [2.45, 2.75) is 0 Å². The largest absolute Gasteiger partial charge is 2.00 e. The Morgan fingerprint density at radius 1 is 0.698 bits per heavy atom. The number of benzene rings is 1. The number of H-pyrrole nitrogens is 1. The smallest absolute Gasteiger partial charge is 0.478 e. The first-order valence-corrected chi connectivity index (χ1v) is 12.3. The summed E-state index contributed by atoms with van der Waals surface area (Å²) in [6.07, 6.45) is 2.71. The third-order valence-electron chi connectivity index (χ3n) is 6.69. The molecule has 13 heteroatoms. The number of hydrogen-bond acceptors (Lipinski definition) is 6. The van der Waals surface area contributed by atoms with Gasteiger partial charge in [0.25, 0.3) is 0 Å². The number of nitrogens with one attached hydrogen (secondary N) is 1. The molecule has 0 spiro atoms. The van der Waals surface area contributed by atoms with E-state index in [-0.39, 0.29) is 47.5 Å². The molecule has 3 aromatic heterocycles. The van der Waals surface area contributed by atoms with E-state index in [1.54, 1.807) is 60.7 Å².